The van der Waals surface area contributed by atoms with Gasteiger partial charge in [-0.25, -0.2) is 0 Å². The van der Waals surface area contributed by atoms with Crippen molar-refractivity contribution in [3.63, 3.8) is 0 Å². The number of benzene rings is 1. The Morgan fingerprint density at radius 3 is 2.90 bits per heavy atom. The number of fused-ring (bicyclic) bond motifs is 2. The second-order valence-electron chi connectivity index (χ2n) is 6.54. The molecule has 1 N–H and O–H groups in total. The lowest BCUT2D eigenvalue weighted by Gasteiger charge is -2.29. The van der Waals surface area contributed by atoms with E-state index < -0.39 is 0 Å². The maximum absolute atomic E-state index is 12.9. The summed E-state index contributed by atoms with van der Waals surface area (Å²) in [6.07, 6.45) is 2.50. The van der Waals surface area contributed by atoms with Crippen molar-refractivity contribution >= 4 is 5.91 Å². The van der Waals surface area contributed by atoms with E-state index in [9.17, 15) is 9.90 Å². The summed E-state index contributed by atoms with van der Waals surface area (Å²) in [6, 6.07) is 7.86. The lowest BCUT2D eigenvalue weighted by Crippen LogP contribution is -2.36. The maximum Gasteiger partial charge on any atom is 0.230 e. The van der Waals surface area contributed by atoms with Crippen molar-refractivity contribution in [2.24, 2.45) is 11.8 Å². The molecule has 1 aromatic carbocycles. The number of hydrogen-bond acceptors (Lipinski definition) is 3. The Hall–Kier alpha value is -1.55. The number of rotatable bonds is 1. The first kappa shape index (κ1) is 13.1. The maximum atomic E-state index is 12.9. The predicted molar refractivity (Wildman–Crippen MR) is 78.1 cm³/mol. The SMILES string of the molecule is O=C(C1CCOc2ccccc21)N1CC2CCC(O)C2C1. The molecule has 2 aliphatic heterocycles. The van der Waals surface area contributed by atoms with Crippen LogP contribution in [-0.2, 0) is 4.79 Å². The third-order valence-electron chi connectivity index (χ3n) is 5.39. The van der Waals surface area contributed by atoms with E-state index in [2.05, 4.69) is 0 Å². The molecular weight excluding hydrogens is 266 g/mol. The Morgan fingerprint density at radius 1 is 1.19 bits per heavy atom. The van der Waals surface area contributed by atoms with Crippen LogP contribution in [0.1, 0.15) is 30.7 Å². The van der Waals surface area contributed by atoms with E-state index in [1.807, 2.05) is 29.2 Å². The molecule has 1 aliphatic carbocycles. The number of ether oxygens (including phenoxy) is 1. The van der Waals surface area contributed by atoms with Gasteiger partial charge in [0.2, 0.25) is 5.91 Å². The molecule has 1 saturated carbocycles. The van der Waals surface area contributed by atoms with Crippen molar-refractivity contribution in [1.82, 2.24) is 4.90 Å². The van der Waals surface area contributed by atoms with Gasteiger partial charge in [0, 0.05) is 24.6 Å². The molecule has 0 bridgehead atoms. The summed E-state index contributed by atoms with van der Waals surface area (Å²) in [4.78, 5) is 14.9. The fourth-order valence-corrected chi connectivity index (χ4v) is 4.24. The number of aliphatic hydroxyl groups excluding tert-OH is 1. The molecule has 4 unspecified atom stereocenters. The highest BCUT2D eigenvalue weighted by Crippen LogP contribution is 2.41. The first-order chi connectivity index (χ1) is 10.2. The average molecular weight is 287 g/mol. The Labute approximate surface area is 124 Å². The normalized spacial score (nSPS) is 34.2. The molecule has 4 rings (SSSR count). The van der Waals surface area contributed by atoms with Crippen LogP contribution in [0.25, 0.3) is 0 Å². The highest BCUT2D eigenvalue weighted by molar-refractivity contribution is 5.85. The molecule has 2 heterocycles. The third kappa shape index (κ3) is 2.13. The zero-order chi connectivity index (χ0) is 14.4. The fourth-order valence-electron chi connectivity index (χ4n) is 4.24. The second-order valence-corrected chi connectivity index (χ2v) is 6.54. The Bertz CT molecular complexity index is 559. The van der Waals surface area contributed by atoms with Crippen molar-refractivity contribution in [2.45, 2.75) is 31.3 Å². The monoisotopic (exact) mass is 287 g/mol. The van der Waals surface area contributed by atoms with Crippen molar-refractivity contribution in [2.75, 3.05) is 19.7 Å². The van der Waals surface area contributed by atoms with Crippen LogP contribution in [0.2, 0.25) is 0 Å². The van der Waals surface area contributed by atoms with E-state index in [1.165, 1.54) is 0 Å². The van der Waals surface area contributed by atoms with Crippen molar-refractivity contribution in [3.05, 3.63) is 29.8 Å². The zero-order valence-corrected chi connectivity index (χ0v) is 12.1. The minimum Gasteiger partial charge on any atom is -0.493 e. The van der Waals surface area contributed by atoms with E-state index >= 15 is 0 Å². The lowest BCUT2D eigenvalue weighted by molar-refractivity contribution is -0.132. The van der Waals surface area contributed by atoms with Gasteiger partial charge in [-0.15, -0.1) is 0 Å². The Kier molecular flexibility index (Phi) is 3.14. The van der Waals surface area contributed by atoms with Crippen LogP contribution in [0, 0.1) is 11.8 Å². The molecule has 0 spiro atoms. The molecule has 21 heavy (non-hydrogen) atoms. The molecule has 3 aliphatic rings. The number of amides is 1. The number of carbonyl (C=O) groups is 1. The van der Waals surface area contributed by atoms with Gasteiger partial charge in [-0.2, -0.15) is 0 Å². The van der Waals surface area contributed by atoms with Crippen molar-refractivity contribution < 1.29 is 14.6 Å². The average Bonchev–Trinajstić information content (AvgIpc) is 3.08. The molecule has 4 atom stereocenters. The smallest absolute Gasteiger partial charge is 0.230 e. The largest absolute Gasteiger partial charge is 0.493 e. The summed E-state index contributed by atoms with van der Waals surface area (Å²) in [5.74, 6) is 1.78. The number of carbonyl (C=O) groups excluding carboxylic acids is 1. The van der Waals surface area contributed by atoms with Gasteiger partial charge in [-0.3, -0.25) is 4.79 Å². The van der Waals surface area contributed by atoms with Crippen LogP contribution in [0.15, 0.2) is 24.3 Å². The van der Waals surface area contributed by atoms with Crippen LogP contribution in [-0.4, -0.2) is 41.7 Å². The number of nitrogens with zero attached hydrogens (tertiary/aromatic N) is 1. The molecule has 0 aromatic heterocycles. The minimum atomic E-state index is -0.213. The summed E-state index contributed by atoms with van der Waals surface area (Å²) in [7, 11) is 0. The number of aliphatic hydroxyl groups is 1. The lowest BCUT2D eigenvalue weighted by atomic mass is 9.92. The van der Waals surface area contributed by atoms with Crippen LogP contribution in [0.3, 0.4) is 0 Å². The van der Waals surface area contributed by atoms with Crippen LogP contribution < -0.4 is 4.74 Å². The van der Waals surface area contributed by atoms with E-state index in [4.69, 9.17) is 4.74 Å². The molecule has 1 saturated heterocycles. The van der Waals surface area contributed by atoms with E-state index in [0.29, 0.717) is 18.4 Å². The molecule has 1 aromatic rings. The van der Waals surface area contributed by atoms with Gasteiger partial charge in [0.15, 0.2) is 0 Å². The second kappa shape index (κ2) is 5.02. The Morgan fingerprint density at radius 2 is 2.05 bits per heavy atom. The quantitative estimate of drug-likeness (QED) is 0.856. The number of hydrogen-bond donors (Lipinski definition) is 1. The van der Waals surface area contributed by atoms with Gasteiger partial charge in [0.1, 0.15) is 5.75 Å². The molecule has 4 nitrogen and oxygen atoms in total. The molecule has 112 valence electrons. The number of likely N-dealkylation sites (tertiary alicyclic amines) is 1. The highest BCUT2D eigenvalue weighted by atomic mass is 16.5. The van der Waals surface area contributed by atoms with Crippen molar-refractivity contribution in [3.8, 4) is 5.75 Å². The molecule has 1 amide bonds. The van der Waals surface area contributed by atoms with E-state index in [0.717, 1.165) is 43.7 Å². The molecule has 0 radical (unpaired) electrons. The van der Waals surface area contributed by atoms with Gasteiger partial charge in [-0.1, -0.05) is 18.2 Å². The van der Waals surface area contributed by atoms with Crippen molar-refractivity contribution in [1.29, 1.82) is 0 Å². The van der Waals surface area contributed by atoms with Gasteiger partial charge in [-0.05, 0) is 31.2 Å². The van der Waals surface area contributed by atoms with Gasteiger partial charge in [0.05, 0.1) is 18.6 Å². The third-order valence-corrected chi connectivity index (χ3v) is 5.39. The molecular formula is C17H21NO3. The van der Waals surface area contributed by atoms with Gasteiger partial charge < -0.3 is 14.7 Å². The standard InChI is InChI=1S/C17H21NO3/c19-15-6-5-11-9-18(10-14(11)15)17(20)13-7-8-21-16-4-2-1-3-12(13)16/h1-4,11,13-15,19H,5-10H2. The summed E-state index contributed by atoms with van der Waals surface area (Å²) >= 11 is 0. The molecule has 4 heteroatoms. The van der Waals surface area contributed by atoms with Crippen LogP contribution >= 0.6 is 0 Å². The Balaban J connectivity index is 1.54. The zero-order valence-electron chi connectivity index (χ0n) is 12.1. The first-order valence-corrected chi connectivity index (χ1v) is 7.92. The fraction of sp³-hybridized carbons (Fsp3) is 0.588. The summed E-state index contributed by atoms with van der Waals surface area (Å²) in [6.45, 7) is 2.15. The molecule has 2 fully saturated rings. The minimum absolute atomic E-state index is 0.0779. The van der Waals surface area contributed by atoms with Crippen LogP contribution in [0.4, 0.5) is 0 Å². The van der Waals surface area contributed by atoms with E-state index in [-0.39, 0.29) is 17.9 Å². The summed E-state index contributed by atoms with van der Waals surface area (Å²) < 4.78 is 5.65. The van der Waals surface area contributed by atoms with Gasteiger partial charge >= 0.3 is 0 Å². The van der Waals surface area contributed by atoms with Gasteiger partial charge in [0.25, 0.3) is 0 Å². The first-order valence-electron chi connectivity index (χ1n) is 7.92. The highest BCUT2D eigenvalue weighted by Gasteiger charge is 2.44. The predicted octanol–water partition coefficient (Wildman–Crippen LogP) is 1.78. The summed E-state index contributed by atoms with van der Waals surface area (Å²) in [5, 5.41) is 10.0. The summed E-state index contributed by atoms with van der Waals surface area (Å²) in [5.41, 5.74) is 1.02. The topological polar surface area (TPSA) is 49.8 Å². The number of para-hydroxylation sites is 1. The van der Waals surface area contributed by atoms with E-state index in [1.54, 1.807) is 0 Å². The van der Waals surface area contributed by atoms with Crippen LogP contribution in [0.5, 0.6) is 5.75 Å².